The highest BCUT2D eigenvalue weighted by Gasteiger charge is 2.09. The summed E-state index contributed by atoms with van der Waals surface area (Å²) in [6.45, 7) is 6.50. The van der Waals surface area contributed by atoms with Gasteiger partial charge in [-0.25, -0.2) is 0 Å². The van der Waals surface area contributed by atoms with E-state index in [1.807, 2.05) is 12.1 Å². The van der Waals surface area contributed by atoms with Crippen molar-refractivity contribution >= 4 is 5.91 Å². The van der Waals surface area contributed by atoms with Gasteiger partial charge >= 0.3 is 0 Å². The number of ether oxygens (including phenoxy) is 1. The molecule has 0 unspecified atom stereocenters. The predicted molar refractivity (Wildman–Crippen MR) is 98.7 cm³/mol. The zero-order chi connectivity index (χ0) is 17.4. The topological polar surface area (TPSA) is 38.3 Å². The Bertz CT molecular complexity index is 707. The average molecular weight is 323 g/mol. The van der Waals surface area contributed by atoms with Crippen molar-refractivity contribution in [3.8, 4) is 5.75 Å². The molecule has 3 nitrogen and oxygen atoms in total. The number of amides is 1. The third kappa shape index (κ3) is 4.98. The Balaban J connectivity index is 1.88. The van der Waals surface area contributed by atoms with Crippen LogP contribution in [0.25, 0.3) is 0 Å². The predicted octanol–water partition coefficient (Wildman–Crippen LogP) is 4.09. The minimum Gasteiger partial charge on any atom is -0.496 e. The van der Waals surface area contributed by atoms with E-state index in [0.717, 1.165) is 24.2 Å². The van der Waals surface area contributed by atoms with Crippen LogP contribution < -0.4 is 10.1 Å². The van der Waals surface area contributed by atoms with Crippen LogP contribution in [0, 0.1) is 6.92 Å². The maximum atomic E-state index is 12.3. The molecular formula is C21H25NO2. The van der Waals surface area contributed by atoms with Crippen LogP contribution in [0.3, 0.4) is 0 Å². The number of aryl methyl sites for hydroxylation is 2. The first-order valence-electron chi connectivity index (χ1n) is 8.25. The van der Waals surface area contributed by atoms with Crippen LogP contribution in [0.4, 0.5) is 0 Å². The maximum absolute atomic E-state index is 12.3. The van der Waals surface area contributed by atoms with Crippen LogP contribution in [-0.4, -0.2) is 19.6 Å². The monoisotopic (exact) mass is 323 g/mol. The molecule has 1 N–H and O–H groups in total. The SMILES string of the molecule is C=CCc1cc(C(=O)NCCCc2cccc(C)c2)ccc1OC. The lowest BCUT2D eigenvalue weighted by Crippen LogP contribution is -2.24. The Kier molecular flexibility index (Phi) is 6.62. The molecule has 0 aliphatic heterocycles. The number of carbonyl (C=O) groups excluding carboxylic acids is 1. The van der Waals surface area contributed by atoms with Gasteiger partial charge in [-0.05, 0) is 55.5 Å². The fraction of sp³-hybridized carbons (Fsp3) is 0.286. The summed E-state index contributed by atoms with van der Waals surface area (Å²) in [6.07, 6.45) is 4.37. The molecule has 0 saturated heterocycles. The number of hydrogen-bond donors (Lipinski definition) is 1. The van der Waals surface area contributed by atoms with Gasteiger partial charge in [0, 0.05) is 12.1 Å². The number of carbonyl (C=O) groups is 1. The van der Waals surface area contributed by atoms with Crippen molar-refractivity contribution in [2.75, 3.05) is 13.7 Å². The molecule has 2 aromatic rings. The zero-order valence-corrected chi connectivity index (χ0v) is 14.5. The van der Waals surface area contributed by atoms with Gasteiger partial charge in [0.1, 0.15) is 5.75 Å². The second-order valence-electron chi connectivity index (χ2n) is 5.87. The molecular weight excluding hydrogens is 298 g/mol. The molecule has 0 atom stereocenters. The molecule has 0 fully saturated rings. The Morgan fingerprint density at radius 3 is 2.79 bits per heavy atom. The molecule has 0 bridgehead atoms. The smallest absolute Gasteiger partial charge is 0.251 e. The molecule has 0 saturated carbocycles. The molecule has 126 valence electrons. The first kappa shape index (κ1) is 17.8. The molecule has 2 aromatic carbocycles. The van der Waals surface area contributed by atoms with Gasteiger partial charge in [0.15, 0.2) is 0 Å². The van der Waals surface area contributed by atoms with Crippen LogP contribution in [0.2, 0.25) is 0 Å². The molecule has 1 amide bonds. The third-order valence-electron chi connectivity index (χ3n) is 3.92. The van der Waals surface area contributed by atoms with Gasteiger partial charge in [0.25, 0.3) is 5.91 Å². The van der Waals surface area contributed by atoms with Crippen LogP contribution >= 0.6 is 0 Å². The highest BCUT2D eigenvalue weighted by molar-refractivity contribution is 5.94. The van der Waals surface area contributed by atoms with E-state index in [9.17, 15) is 4.79 Å². The van der Waals surface area contributed by atoms with Crippen molar-refractivity contribution in [3.63, 3.8) is 0 Å². The first-order chi connectivity index (χ1) is 11.6. The molecule has 0 heterocycles. The van der Waals surface area contributed by atoms with Crippen molar-refractivity contribution in [3.05, 3.63) is 77.4 Å². The van der Waals surface area contributed by atoms with Gasteiger partial charge < -0.3 is 10.1 Å². The summed E-state index contributed by atoms with van der Waals surface area (Å²) in [7, 11) is 1.63. The lowest BCUT2D eigenvalue weighted by molar-refractivity contribution is 0.0953. The molecule has 24 heavy (non-hydrogen) atoms. The van der Waals surface area contributed by atoms with Crippen LogP contribution in [-0.2, 0) is 12.8 Å². The zero-order valence-electron chi connectivity index (χ0n) is 14.5. The van der Waals surface area contributed by atoms with Gasteiger partial charge in [-0.15, -0.1) is 6.58 Å². The number of nitrogens with one attached hydrogen (secondary N) is 1. The standard InChI is InChI=1S/C21H25NO2/c1-4-7-18-15-19(11-12-20(18)24-3)21(23)22-13-6-10-17-9-5-8-16(2)14-17/h4-5,8-9,11-12,14-15H,1,6-7,10,13H2,2-3H3,(H,22,23). The van der Waals surface area contributed by atoms with E-state index >= 15 is 0 Å². The van der Waals surface area contributed by atoms with Gasteiger partial charge in [-0.1, -0.05) is 35.9 Å². The largest absolute Gasteiger partial charge is 0.496 e. The molecule has 0 radical (unpaired) electrons. The van der Waals surface area contributed by atoms with E-state index in [2.05, 4.69) is 43.1 Å². The summed E-state index contributed by atoms with van der Waals surface area (Å²) in [5.41, 5.74) is 4.20. The van der Waals surface area contributed by atoms with Crippen LogP contribution in [0.1, 0.15) is 33.5 Å². The summed E-state index contributed by atoms with van der Waals surface area (Å²) in [4.78, 5) is 12.3. The Labute approximate surface area is 144 Å². The number of benzene rings is 2. The number of methoxy groups -OCH3 is 1. The van der Waals surface area contributed by atoms with Crippen molar-refractivity contribution in [1.82, 2.24) is 5.32 Å². The molecule has 0 aliphatic rings. The molecule has 3 heteroatoms. The van der Waals surface area contributed by atoms with Crippen molar-refractivity contribution < 1.29 is 9.53 Å². The fourth-order valence-corrected chi connectivity index (χ4v) is 2.70. The maximum Gasteiger partial charge on any atom is 0.251 e. The van der Waals surface area contributed by atoms with E-state index in [1.165, 1.54) is 11.1 Å². The minimum atomic E-state index is -0.0489. The van der Waals surface area contributed by atoms with Crippen molar-refractivity contribution in [1.29, 1.82) is 0 Å². The van der Waals surface area contributed by atoms with Gasteiger partial charge in [0.05, 0.1) is 7.11 Å². The number of rotatable bonds is 8. The summed E-state index contributed by atoms with van der Waals surface area (Å²) in [5, 5.41) is 2.99. The second-order valence-corrected chi connectivity index (χ2v) is 5.87. The van der Waals surface area contributed by atoms with E-state index in [4.69, 9.17) is 4.74 Å². The van der Waals surface area contributed by atoms with E-state index < -0.39 is 0 Å². The normalized spacial score (nSPS) is 10.2. The molecule has 0 aliphatic carbocycles. The van der Waals surface area contributed by atoms with Crippen LogP contribution in [0.15, 0.2) is 55.1 Å². The lowest BCUT2D eigenvalue weighted by Gasteiger charge is -2.10. The van der Waals surface area contributed by atoms with Gasteiger partial charge in [0.2, 0.25) is 0 Å². The highest BCUT2D eigenvalue weighted by Crippen LogP contribution is 2.20. The molecule has 0 aromatic heterocycles. The number of hydrogen-bond acceptors (Lipinski definition) is 2. The average Bonchev–Trinajstić information content (AvgIpc) is 2.59. The summed E-state index contributed by atoms with van der Waals surface area (Å²) >= 11 is 0. The Hall–Kier alpha value is -2.55. The lowest BCUT2D eigenvalue weighted by atomic mass is 10.1. The van der Waals surface area contributed by atoms with E-state index in [0.29, 0.717) is 18.5 Å². The summed E-state index contributed by atoms with van der Waals surface area (Å²) in [5.74, 6) is 0.734. The fourth-order valence-electron chi connectivity index (χ4n) is 2.70. The Morgan fingerprint density at radius 2 is 2.08 bits per heavy atom. The summed E-state index contributed by atoms with van der Waals surface area (Å²) in [6, 6.07) is 14.0. The quantitative estimate of drug-likeness (QED) is 0.587. The van der Waals surface area contributed by atoms with E-state index in [1.54, 1.807) is 19.3 Å². The summed E-state index contributed by atoms with van der Waals surface area (Å²) < 4.78 is 5.31. The van der Waals surface area contributed by atoms with E-state index in [-0.39, 0.29) is 5.91 Å². The first-order valence-corrected chi connectivity index (χ1v) is 8.25. The third-order valence-corrected chi connectivity index (χ3v) is 3.92. The molecule has 0 spiro atoms. The second kappa shape index (κ2) is 8.92. The highest BCUT2D eigenvalue weighted by atomic mass is 16.5. The minimum absolute atomic E-state index is 0.0489. The Morgan fingerprint density at radius 1 is 1.25 bits per heavy atom. The number of allylic oxidation sites excluding steroid dienone is 1. The van der Waals surface area contributed by atoms with Gasteiger partial charge in [-0.3, -0.25) is 4.79 Å². The van der Waals surface area contributed by atoms with Crippen molar-refractivity contribution in [2.24, 2.45) is 0 Å². The molecule has 2 rings (SSSR count). The van der Waals surface area contributed by atoms with Crippen molar-refractivity contribution in [2.45, 2.75) is 26.2 Å². The van der Waals surface area contributed by atoms with Crippen LogP contribution in [0.5, 0.6) is 5.75 Å². The van der Waals surface area contributed by atoms with Gasteiger partial charge in [-0.2, -0.15) is 0 Å².